The Bertz CT molecular complexity index is 551. The highest BCUT2D eigenvalue weighted by molar-refractivity contribution is 5.36. The van der Waals surface area contributed by atoms with E-state index in [1.165, 1.54) is 16.7 Å². The molecule has 0 spiro atoms. The van der Waals surface area contributed by atoms with Crippen molar-refractivity contribution in [3.05, 3.63) is 65.2 Å². The van der Waals surface area contributed by atoms with Gasteiger partial charge in [-0.05, 0) is 48.6 Å². The first-order chi connectivity index (χ1) is 10.2. The molecule has 2 heteroatoms. The Morgan fingerprint density at radius 2 is 1.86 bits per heavy atom. The number of ether oxygens (including phenoxy) is 1. The average Bonchev–Trinajstić information content (AvgIpc) is 2.52. The molecule has 0 saturated carbocycles. The van der Waals surface area contributed by atoms with Crippen molar-refractivity contribution in [2.24, 2.45) is 0 Å². The Balaban J connectivity index is 1.76. The molecule has 0 amide bonds. The molecule has 0 aliphatic rings. The van der Waals surface area contributed by atoms with Crippen LogP contribution in [-0.4, -0.2) is 13.7 Å². The van der Waals surface area contributed by atoms with Gasteiger partial charge < -0.3 is 10.1 Å². The van der Waals surface area contributed by atoms with E-state index < -0.39 is 0 Å². The van der Waals surface area contributed by atoms with Gasteiger partial charge in [0.15, 0.2) is 0 Å². The molecule has 2 nitrogen and oxygen atoms in total. The molecule has 1 atom stereocenters. The molecule has 1 N–H and O–H groups in total. The molecular weight excluding hydrogens is 258 g/mol. The number of methoxy groups -OCH3 is 1. The fourth-order valence-corrected chi connectivity index (χ4v) is 2.55. The summed E-state index contributed by atoms with van der Waals surface area (Å²) in [5.74, 6) is 1.55. The van der Waals surface area contributed by atoms with E-state index in [1.807, 2.05) is 6.07 Å². The van der Waals surface area contributed by atoms with E-state index in [-0.39, 0.29) is 0 Å². The molecule has 2 aromatic rings. The summed E-state index contributed by atoms with van der Waals surface area (Å²) in [6, 6.07) is 17.1. The van der Waals surface area contributed by atoms with Gasteiger partial charge in [-0.3, -0.25) is 0 Å². The highest BCUT2D eigenvalue weighted by atomic mass is 16.5. The minimum atomic E-state index is 0.594. The highest BCUT2D eigenvalue weighted by Gasteiger charge is 2.04. The number of nitrogens with one attached hydrogen (secondary N) is 1. The molecular formula is C19H25NO. The molecule has 0 aromatic heterocycles. The second-order valence-corrected chi connectivity index (χ2v) is 5.58. The summed E-state index contributed by atoms with van der Waals surface area (Å²) in [4.78, 5) is 0. The van der Waals surface area contributed by atoms with Crippen LogP contribution in [0.5, 0.6) is 5.75 Å². The van der Waals surface area contributed by atoms with Crippen molar-refractivity contribution in [3.8, 4) is 5.75 Å². The minimum absolute atomic E-state index is 0.594. The van der Waals surface area contributed by atoms with Crippen LogP contribution in [0.25, 0.3) is 0 Å². The van der Waals surface area contributed by atoms with Crippen LogP contribution in [0.3, 0.4) is 0 Å². The van der Waals surface area contributed by atoms with E-state index in [9.17, 15) is 0 Å². The van der Waals surface area contributed by atoms with Gasteiger partial charge in [-0.15, -0.1) is 0 Å². The van der Waals surface area contributed by atoms with Crippen molar-refractivity contribution < 1.29 is 4.74 Å². The van der Waals surface area contributed by atoms with E-state index in [0.717, 1.165) is 25.3 Å². The molecule has 0 aliphatic heterocycles. The van der Waals surface area contributed by atoms with Crippen LogP contribution in [0.2, 0.25) is 0 Å². The fraction of sp³-hybridized carbons (Fsp3) is 0.368. The van der Waals surface area contributed by atoms with Gasteiger partial charge in [0.05, 0.1) is 7.11 Å². The highest BCUT2D eigenvalue weighted by Crippen LogP contribution is 2.19. The molecule has 0 heterocycles. The number of hydrogen-bond acceptors (Lipinski definition) is 2. The second kappa shape index (κ2) is 7.84. The summed E-state index contributed by atoms with van der Waals surface area (Å²) in [6.45, 7) is 6.31. The van der Waals surface area contributed by atoms with Crippen LogP contribution in [0, 0.1) is 6.92 Å². The Morgan fingerprint density at radius 3 is 2.52 bits per heavy atom. The molecule has 0 fully saturated rings. The Kier molecular flexibility index (Phi) is 5.82. The van der Waals surface area contributed by atoms with Gasteiger partial charge in [-0.25, -0.2) is 0 Å². The van der Waals surface area contributed by atoms with Crippen LogP contribution in [0.4, 0.5) is 0 Å². The Hall–Kier alpha value is -1.80. The molecule has 0 aliphatic carbocycles. The predicted octanol–water partition coefficient (Wildman–Crippen LogP) is 4.29. The van der Waals surface area contributed by atoms with Crippen molar-refractivity contribution in [2.45, 2.75) is 32.7 Å². The summed E-state index contributed by atoms with van der Waals surface area (Å²) in [6.07, 6.45) is 1.15. The van der Waals surface area contributed by atoms with Crippen LogP contribution in [0.15, 0.2) is 48.5 Å². The van der Waals surface area contributed by atoms with E-state index in [4.69, 9.17) is 4.74 Å². The smallest absolute Gasteiger partial charge is 0.121 e. The van der Waals surface area contributed by atoms with Crippen LogP contribution in [-0.2, 0) is 6.54 Å². The second-order valence-electron chi connectivity index (χ2n) is 5.58. The summed E-state index contributed by atoms with van der Waals surface area (Å²) in [7, 11) is 1.71. The van der Waals surface area contributed by atoms with E-state index >= 15 is 0 Å². The van der Waals surface area contributed by atoms with Crippen molar-refractivity contribution >= 4 is 0 Å². The fourth-order valence-electron chi connectivity index (χ4n) is 2.55. The number of benzene rings is 2. The standard InChI is InChI=1S/C19H25NO/c1-15(18-7-5-4-6-8-18)11-12-20-14-17-9-10-19(21-3)16(2)13-17/h4-10,13,15,20H,11-12,14H2,1-3H3. The quantitative estimate of drug-likeness (QED) is 0.765. The maximum atomic E-state index is 5.29. The van der Waals surface area contributed by atoms with Crippen molar-refractivity contribution in [1.82, 2.24) is 5.32 Å². The Morgan fingerprint density at radius 1 is 1.10 bits per heavy atom. The number of rotatable bonds is 7. The topological polar surface area (TPSA) is 21.3 Å². The van der Waals surface area contributed by atoms with Crippen LogP contribution >= 0.6 is 0 Å². The third-order valence-electron chi connectivity index (χ3n) is 3.91. The van der Waals surface area contributed by atoms with Crippen molar-refractivity contribution in [2.75, 3.05) is 13.7 Å². The first-order valence-corrected chi connectivity index (χ1v) is 7.60. The Labute approximate surface area is 128 Å². The zero-order chi connectivity index (χ0) is 15.1. The molecule has 0 bridgehead atoms. The average molecular weight is 283 g/mol. The van der Waals surface area contributed by atoms with Gasteiger partial charge in [0.2, 0.25) is 0 Å². The lowest BCUT2D eigenvalue weighted by Gasteiger charge is -2.13. The normalized spacial score (nSPS) is 12.1. The zero-order valence-electron chi connectivity index (χ0n) is 13.2. The third kappa shape index (κ3) is 4.61. The van der Waals surface area contributed by atoms with E-state index in [0.29, 0.717) is 5.92 Å². The molecule has 2 aromatic carbocycles. The SMILES string of the molecule is COc1ccc(CNCCC(C)c2ccccc2)cc1C. The first-order valence-electron chi connectivity index (χ1n) is 7.60. The molecule has 1 unspecified atom stereocenters. The monoisotopic (exact) mass is 283 g/mol. The summed E-state index contributed by atoms with van der Waals surface area (Å²) in [5.41, 5.74) is 3.91. The lowest BCUT2D eigenvalue weighted by molar-refractivity contribution is 0.411. The maximum Gasteiger partial charge on any atom is 0.121 e. The third-order valence-corrected chi connectivity index (χ3v) is 3.91. The molecule has 0 radical (unpaired) electrons. The summed E-state index contributed by atoms with van der Waals surface area (Å²) < 4.78 is 5.29. The molecule has 112 valence electrons. The van der Waals surface area contributed by atoms with Crippen molar-refractivity contribution in [3.63, 3.8) is 0 Å². The number of hydrogen-bond donors (Lipinski definition) is 1. The largest absolute Gasteiger partial charge is 0.496 e. The molecule has 21 heavy (non-hydrogen) atoms. The van der Waals surface area contributed by atoms with Crippen LogP contribution in [0.1, 0.15) is 36.0 Å². The van der Waals surface area contributed by atoms with Gasteiger partial charge in [0, 0.05) is 6.54 Å². The van der Waals surface area contributed by atoms with E-state index in [1.54, 1.807) is 7.11 Å². The summed E-state index contributed by atoms with van der Waals surface area (Å²) in [5, 5.41) is 3.53. The lowest BCUT2D eigenvalue weighted by Crippen LogP contribution is -2.16. The number of aryl methyl sites for hydroxylation is 1. The van der Waals surface area contributed by atoms with Crippen molar-refractivity contribution in [1.29, 1.82) is 0 Å². The van der Waals surface area contributed by atoms with Crippen LogP contribution < -0.4 is 10.1 Å². The summed E-state index contributed by atoms with van der Waals surface area (Å²) >= 11 is 0. The van der Waals surface area contributed by atoms with Gasteiger partial charge in [-0.1, -0.05) is 49.4 Å². The molecule has 2 rings (SSSR count). The van der Waals surface area contributed by atoms with Gasteiger partial charge in [-0.2, -0.15) is 0 Å². The van der Waals surface area contributed by atoms with Gasteiger partial charge >= 0.3 is 0 Å². The minimum Gasteiger partial charge on any atom is -0.496 e. The maximum absolute atomic E-state index is 5.29. The van der Waals surface area contributed by atoms with Gasteiger partial charge in [0.25, 0.3) is 0 Å². The zero-order valence-corrected chi connectivity index (χ0v) is 13.2. The van der Waals surface area contributed by atoms with Gasteiger partial charge in [0.1, 0.15) is 5.75 Å². The molecule has 0 saturated heterocycles. The first kappa shape index (κ1) is 15.6. The van der Waals surface area contributed by atoms with E-state index in [2.05, 4.69) is 61.6 Å². The lowest BCUT2D eigenvalue weighted by atomic mass is 9.98. The predicted molar refractivity (Wildman–Crippen MR) is 88.9 cm³/mol.